The molecule has 4 nitrogen and oxygen atoms in total. The number of aryl methyl sites for hydroxylation is 2. The summed E-state index contributed by atoms with van der Waals surface area (Å²) in [4.78, 5) is 4.24. The van der Waals surface area contributed by atoms with E-state index in [1.54, 1.807) is 0 Å². The van der Waals surface area contributed by atoms with Crippen molar-refractivity contribution in [2.24, 2.45) is 0 Å². The summed E-state index contributed by atoms with van der Waals surface area (Å²) in [7, 11) is 0. The first-order valence-corrected chi connectivity index (χ1v) is 4.94. The molecule has 0 bridgehead atoms. The van der Waals surface area contributed by atoms with Crippen LogP contribution in [0.5, 0.6) is 0 Å². The van der Waals surface area contributed by atoms with E-state index in [0.717, 1.165) is 17.9 Å². The first kappa shape index (κ1) is 11.2. The SMILES string of the molecule is CCC(CO)NCc1nc(C)c(C)o1. The van der Waals surface area contributed by atoms with Crippen LogP contribution in [0.15, 0.2) is 4.42 Å². The van der Waals surface area contributed by atoms with Crippen LogP contribution in [-0.2, 0) is 6.54 Å². The highest BCUT2D eigenvalue weighted by molar-refractivity contribution is 5.05. The van der Waals surface area contributed by atoms with Crippen molar-refractivity contribution in [3.63, 3.8) is 0 Å². The van der Waals surface area contributed by atoms with Crippen LogP contribution in [0, 0.1) is 13.8 Å². The molecule has 14 heavy (non-hydrogen) atoms. The van der Waals surface area contributed by atoms with Gasteiger partial charge in [0.25, 0.3) is 0 Å². The molecule has 1 heterocycles. The second-order valence-corrected chi connectivity index (χ2v) is 3.42. The number of hydrogen-bond donors (Lipinski definition) is 2. The monoisotopic (exact) mass is 198 g/mol. The van der Waals surface area contributed by atoms with Gasteiger partial charge in [0.1, 0.15) is 5.76 Å². The molecule has 0 saturated carbocycles. The van der Waals surface area contributed by atoms with Crippen molar-refractivity contribution in [1.29, 1.82) is 0 Å². The molecule has 0 aliphatic heterocycles. The van der Waals surface area contributed by atoms with Gasteiger partial charge in [-0.05, 0) is 20.3 Å². The standard InChI is InChI=1S/C10H18N2O2/c1-4-9(6-13)11-5-10-12-7(2)8(3)14-10/h9,11,13H,4-6H2,1-3H3. The number of nitrogens with zero attached hydrogens (tertiary/aromatic N) is 1. The van der Waals surface area contributed by atoms with E-state index >= 15 is 0 Å². The van der Waals surface area contributed by atoms with E-state index in [0.29, 0.717) is 12.4 Å². The van der Waals surface area contributed by atoms with E-state index in [1.165, 1.54) is 0 Å². The second-order valence-electron chi connectivity index (χ2n) is 3.42. The lowest BCUT2D eigenvalue weighted by Gasteiger charge is -2.11. The van der Waals surface area contributed by atoms with Gasteiger partial charge in [-0.1, -0.05) is 6.92 Å². The molecule has 0 saturated heterocycles. The van der Waals surface area contributed by atoms with Crippen LogP contribution < -0.4 is 5.32 Å². The van der Waals surface area contributed by atoms with Crippen molar-refractivity contribution in [2.45, 2.75) is 39.8 Å². The number of aliphatic hydroxyl groups excluding tert-OH is 1. The third-order valence-corrected chi connectivity index (χ3v) is 2.33. The topological polar surface area (TPSA) is 58.3 Å². The van der Waals surface area contributed by atoms with Gasteiger partial charge >= 0.3 is 0 Å². The third kappa shape index (κ3) is 2.82. The van der Waals surface area contributed by atoms with Crippen LogP contribution in [0.4, 0.5) is 0 Å². The Balaban J connectivity index is 2.45. The van der Waals surface area contributed by atoms with E-state index < -0.39 is 0 Å². The Labute approximate surface area is 84.3 Å². The van der Waals surface area contributed by atoms with Crippen molar-refractivity contribution in [3.05, 3.63) is 17.3 Å². The molecule has 80 valence electrons. The highest BCUT2D eigenvalue weighted by Gasteiger charge is 2.08. The molecule has 1 unspecified atom stereocenters. The minimum Gasteiger partial charge on any atom is -0.444 e. The molecular formula is C10H18N2O2. The summed E-state index contributed by atoms with van der Waals surface area (Å²) < 4.78 is 5.40. The second kappa shape index (κ2) is 5.12. The summed E-state index contributed by atoms with van der Waals surface area (Å²) in [6.07, 6.45) is 0.898. The first-order valence-electron chi connectivity index (χ1n) is 4.94. The van der Waals surface area contributed by atoms with Crippen LogP contribution in [-0.4, -0.2) is 22.7 Å². The van der Waals surface area contributed by atoms with Crippen molar-refractivity contribution >= 4 is 0 Å². The van der Waals surface area contributed by atoms with Crippen LogP contribution in [0.2, 0.25) is 0 Å². The summed E-state index contributed by atoms with van der Waals surface area (Å²) in [6, 6.07) is 0.127. The predicted molar refractivity (Wildman–Crippen MR) is 54.0 cm³/mol. The fraction of sp³-hybridized carbons (Fsp3) is 0.700. The highest BCUT2D eigenvalue weighted by Crippen LogP contribution is 2.08. The molecule has 1 atom stereocenters. The maximum atomic E-state index is 8.95. The summed E-state index contributed by atoms with van der Waals surface area (Å²) in [5, 5.41) is 12.1. The lowest BCUT2D eigenvalue weighted by molar-refractivity contribution is 0.234. The fourth-order valence-electron chi connectivity index (χ4n) is 1.18. The number of oxazole rings is 1. The zero-order chi connectivity index (χ0) is 10.6. The number of hydrogen-bond acceptors (Lipinski definition) is 4. The Morgan fingerprint density at radius 1 is 1.50 bits per heavy atom. The lowest BCUT2D eigenvalue weighted by atomic mass is 10.2. The Kier molecular flexibility index (Phi) is 4.10. The average Bonchev–Trinajstić information content (AvgIpc) is 2.48. The first-order chi connectivity index (χ1) is 6.67. The Hall–Kier alpha value is -0.870. The zero-order valence-corrected chi connectivity index (χ0v) is 9.00. The minimum absolute atomic E-state index is 0.127. The van der Waals surface area contributed by atoms with Gasteiger partial charge < -0.3 is 14.8 Å². The minimum atomic E-state index is 0.127. The summed E-state index contributed by atoms with van der Waals surface area (Å²) in [5.74, 6) is 1.55. The zero-order valence-electron chi connectivity index (χ0n) is 9.00. The molecular weight excluding hydrogens is 180 g/mol. The van der Waals surface area contributed by atoms with Crippen LogP contribution in [0.25, 0.3) is 0 Å². The molecule has 0 aliphatic carbocycles. The quantitative estimate of drug-likeness (QED) is 0.745. The summed E-state index contributed by atoms with van der Waals surface area (Å²) in [5.41, 5.74) is 0.929. The molecule has 2 N–H and O–H groups in total. The van der Waals surface area contributed by atoms with E-state index in [4.69, 9.17) is 9.52 Å². The van der Waals surface area contributed by atoms with Gasteiger partial charge in [0.15, 0.2) is 0 Å². The van der Waals surface area contributed by atoms with Crippen molar-refractivity contribution in [3.8, 4) is 0 Å². The fourth-order valence-corrected chi connectivity index (χ4v) is 1.18. The normalized spacial score (nSPS) is 13.1. The van der Waals surface area contributed by atoms with Gasteiger partial charge in [-0.3, -0.25) is 0 Å². The van der Waals surface area contributed by atoms with Crippen LogP contribution in [0.1, 0.15) is 30.7 Å². The molecule has 0 spiro atoms. The Morgan fingerprint density at radius 3 is 2.64 bits per heavy atom. The van der Waals surface area contributed by atoms with E-state index in [-0.39, 0.29) is 12.6 Å². The molecule has 1 aromatic heterocycles. The molecule has 0 radical (unpaired) electrons. The number of nitrogens with one attached hydrogen (secondary N) is 1. The largest absolute Gasteiger partial charge is 0.444 e. The molecule has 1 rings (SSSR count). The van der Waals surface area contributed by atoms with Crippen molar-refractivity contribution in [1.82, 2.24) is 10.3 Å². The van der Waals surface area contributed by atoms with E-state index in [9.17, 15) is 0 Å². The molecule has 4 heteroatoms. The van der Waals surface area contributed by atoms with Crippen LogP contribution in [0.3, 0.4) is 0 Å². The Bertz CT molecular complexity index is 260. The van der Waals surface area contributed by atoms with Gasteiger partial charge in [0, 0.05) is 6.04 Å². The highest BCUT2D eigenvalue weighted by atomic mass is 16.4. The van der Waals surface area contributed by atoms with Gasteiger partial charge in [-0.25, -0.2) is 4.98 Å². The summed E-state index contributed by atoms with van der Waals surface area (Å²) >= 11 is 0. The van der Waals surface area contributed by atoms with Gasteiger partial charge in [0.05, 0.1) is 18.8 Å². The number of aliphatic hydroxyl groups is 1. The van der Waals surface area contributed by atoms with Gasteiger partial charge in [0.2, 0.25) is 5.89 Å². The Morgan fingerprint density at radius 2 is 2.21 bits per heavy atom. The molecule has 1 aromatic rings. The summed E-state index contributed by atoms with van der Waals surface area (Å²) in [6.45, 7) is 6.57. The van der Waals surface area contributed by atoms with Crippen molar-refractivity contribution in [2.75, 3.05) is 6.61 Å². The maximum Gasteiger partial charge on any atom is 0.208 e. The van der Waals surface area contributed by atoms with Crippen molar-refractivity contribution < 1.29 is 9.52 Å². The molecule has 0 fully saturated rings. The molecule has 0 aliphatic rings. The average molecular weight is 198 g/mol. The van der Waals surface area contributed by atoms with E-state index in [2.05, 4.69) is 10.3 Å². The van der Waals surface area contributed by atoms with Gasteiger partial charge in [-0.15, -0.1) is 0 Å². The smallest absolute Gasteiger partial charge is 0.208 e. The maximum absolute atomic E-state index is 8.95. The number of rotatable bonds is 5. The third-order valence-electron chi connectivity index (χ3n) is 2.33. The van der Waals surface area contributed by atoms with E-state index in [1.807, 2.05) is 20.8 Å². The molecule has 0 aromatic carbocycles. The van der Waals surface area contributed by atoms with Gasteiger partial charge in [-0.2, -0.15) is 0 Å². The molecule has 0 amide bonds. The lowest BCUT2D eigenvalue weighted by Crippen LogP contribution is -2.31. The van der Waals surface area contributed by atoms with Crippen LogP contribution >= 0.6 is 0 Å². The predicted octanol–water partition coefficient (Wildman–Crippen LogP) is 1.15. The number of aromatic nitrogens is 1.